The molecule has 11 heteroatoms. The molecule has 0 spiro atoms. The molecule has 3 aromatic heterocycles. The molecule has 39 heavy (non-hydrogen) atoms. The van der Waals surface area contributed by atoms with Crippen molar-refractivity contribution in [2.75, 3.05) is 27.9 Å². The van der Waals surface area contributed by atoms with Gasteiger partial charge in [-0.1, -0.05) is 6.07 Å². The van der Waals surface area contributed by atoms with Crippen LogP contribution in [-0.2, 0) is 16.1 Å². The van der Waals surface area contributed by atoms with Crippen molar-refractivity contribution in [3.63, 3.8) is 0 Å². The van der Waals surface area contributed by atoms with Crippen molar-refractivity contribution >= 4 is 23.1 Å². The summed E-state index contributed by atoms with van der Waals surface area (Å²) in [7, 11) is 4.48. The first-order valence-corrected chi connectivity index (χ1v) is 12.4. The molecule has 0 bridgehead atoms. The summed E-state index contributed by atoms with van der Waals surface area (Å²) in [6.45, 7) is 2.60. The molecule has 1 aliphatic rings. The molecule has 1 N–H and O–H groups in total. The Morgan fingerprint density at radius 3 is 2.41 bits per heavy atom. The number of aliphatic hydroxyl groups is 1. The van der Waals surface area contributed by atoms with E-state index in [-0.39, 0.29) is 17.9 Å². The summed E-state index contributed by atoms with van der Waals surface area (Å²) < 4.78 is 20.2. The molecule has 1 aliphatic heterocycles. The van der Waals surface area contributed by atoms with E-state index < -0.39 is 17.7 Å². The summed E-state index contributed by atoms with van der Waals surface area (Å²) in [4.78, 5) is 37.1. The molecule has 1 amide bonds. The number of fused-ring (bicyclic) bond motifs is 1. The number of ether oxygens (including phenoxy) is 3. The van der Waals surface area contributed by atoms with E-state index in [2.05, 4.69) is 9.97 Å². The van der Waals surface area contributed by atoms with Gasteiger partial charge in [0.05, 0.1) is 45.0 Å². The van der Waals surface area contributed by atoms with Crippen LogP contribution in [-0.4, -0.2) is 68.5 Å². The number of imidazole rings is 2. The molecule has 1 saturated heterocycles. The Morgan fingerprint density at radius 1 is 1.03 bits per heavy atom. The molecular formula is C28H29N5O6. The van der Waals surface area contributed by atoms with Crippen LogP contribution in [0.25, 0.3) is 11.4 Å². The highest BCUT2D eigenvalue weighted by Crippen LogP contribution is 2.46. The highest BCUT2D eigenvalue weighted by molar-refractivity contribution is 6.46. The summed E-state index contributed by atoms with van der Waals surface area (Å²) in [5, 5.41) is 11.7. The largest absolute Gasteiger partial charge is 0.505 e. The van der Waals surface area contributed by atoms with Gasteiger partial charge in [-0.15, -0.1) is 0 Å². The predicted octanol–water partition coefficient (Wildman–Crippen LogP) is 3.38. The van der Waals surface area contributed by atoms with Gasteiger partial charge in [0.25, 0.3) is 11.7 Å². The molecule has 5 rings (SSSR count). The van der Waals surface area contributed by atoms with Crippen LogP contribution in [0.1, 0.15) is 29.4 Å². The number of amides is 1. The molecule has 1 atom stereocenters. The highest BCUT2D eigenvalue weighted by Gasteiger charge is 2.47. The molecule has 4 aromatic rings. The number of ketones is 1. The van der Waals surface area contributed by atoms with Crippen LogP contribution in [0.3, 0.4) is 0 Å². The molecular weight excluding hydrogens is 502 g/mol. The smallest absolute Gasteiger partial charge is 0.295 e. The Balaban J connectivity index is 1.68. The van der Waals surface area contributed by atoms with Gasteiger partial charge in [-0.2, -0.15) is 0 Å². The van der Waals surface area contributed by atoms with Crippen LogP contribution < -0.4 is 14.2 Å². The first kappa shape index (κ1) is 25.8. The van der Waals surface area contributed by atoms with Gasteiger partial charge < -0.3 is 28.8 Å². The summed E-state index contributed by atoms with van der Waals surface area (Å²) in [5.41, 5.74) is 1.97. The van der Waals surface area contributed by atoms with Crippen LogP contribution in [0.5, 0.6) is 17.2 Å². The number of pyridine rings is 1. The van der Waals surface area contributed by atoms with Gasteiger partial charge in [-0.3, -0.25) is 14.0 Å². The van der Waals surface area contributed by atoms with E-state index in [1.165, 1.54) is 26.2 Å². The number of methoxy groups -OCH3 is 3. The van der Waals surface area contributed by atoms with E-state index >= 15 is 0 Å². The van der Waals surface area contributed by atoms with Crippen LogP contribution in [0.2, 0.25) is 0 Å². The molecule has 0 radical (unpaired) electrons. The number of aromatic nitrogens is 4. The number of hydrogen-bond acceptors (Lipinski definition) is 8. The van der Waals surface area contributed by atoms with E-state index in [1.54, 1.807) is 54.3 Å². The molecule has 0 saturated carbocycles. The quantitative estimate of drug-likeness (QED) is 0.198. The fourth-order valence-electron chi connectivity index (χ4n) is 5.09. The molecule has 0 aliphatic carbocycles. The third-order valence-corrected chi connectivity index (χ3v) is 6.85. The molecule has 1 unspecified atom stereocenters. The minimum absolute atomic E-state index is 0.0364. The standard InChI is InChI=1S/C28H29N5O6/c1-17-23(32-11-6-5-8-21(32)30-17)25(34)22-24(18-14-19(37-2)27(39-4)20(15-18)38-3)33(28(36)26(22)35)12-7-10-31-13-9-29-16-31/h5-6,8-9,11,13-16,24,34H,7,10,12H2,1-4H3/b25-22+. The summed E-state index contributed by atoms with van der Waals surface area (Å²) in [6, 6.07) is 7.91. The van der Waals surface area contributed by atoms with Gasteiger partial charge in [0.1, 0.15) is 11.3 Å². The van der Waals surface area contributed by atoms with E-state index in [4.69, 9.17) is 14.2 Å². The number of rotatable bonds is 9. The Kier molecular flexibility index (Phi) is 6.97. The first-order chi connectivity index (χ1) is 18.9. The molecule has 1 aromatic carbocycles. The third-order valence-electron chi connectivity index (χ3n) is 6.85. The van der Waals surface area contributed by atoms with E-state index in [0.29, 0.717) is 52.8 Å². The van der Waals surface area contributed by atoms with E-state index in [0.717, 1.165) is 0 Å². The zero-order chi connectivity index (χ0) is 27.7. The van der Waals surface area contributed by atoms with Gasteiger partial charge in [-0.05, 0) is 43.2 Å². The average molecular weight is 532 g/mol. The van der Waals surface area contributed by atoms with Crippen molar-refractivity contribution in [2.45, 2.75) is 25.9 Å². The molecule has 11 nitrogen and oxygen atoms in total. The van der Waals surface area contributed by atoms with Gasteiger partial charge in [-0.25, -0.2) is 9.97 Å². The summed E-state index contributed by atoms with van der Waals surface area (Å²) in [6.07, 6.45) is 7.51. The number of nitrogens with zero attached hydrogens (tertiary/aromatic N) is 5. The van der Waals surface area contributed by atoms with E-state index in [9.17, 15) is 14.7 Å². The van der Waals surface area contributed by atoms with Crippen molar-refractivity contribution in [1.29, 1.82) is 0 Å². The number of benzene rings is 1. The second-order valence-corrected chi connectivity index (χ2v) is 9.08. The highest BCUT2D eigenvalue weighted by atomic mass is 16.5. The normalized spacial score (nSPS) is 16.7. The number of aryl methyl sites for hydroxylation is 2. The number of likely N-dealkylation sites (tertiary alicyclic amines) is 1. The van der Waals surface area contributed by atoms with Crippen LogP contribution in [0, 0.1) is 6.92 Å². The van der Waals surface area contributed by atoms with Crippen LogP contribution in [0.4, 0.5) is 0 Å². The lowest BCUT2D eigenvalue weighted by molar-refractivity contribution is -0.139. The molecule has 202 valence electrons. The number of Topliss-reactive ketones (excluding diaryl/α,β-unsaturated/α-hetero) is 1. The Morgan fingerprint density at radius 2 is 1.77 bits per heavy atom. The first-order valence-electron chi connectivity index (χ1n) is 12.4. The number of hydrogen-bond donors (Lipinski definition) is 1. The number of carbonyl (C=O) groups is 2. The van der Waals surface area contributed by atoms with Gasteiger partial charge >= 0.3 is 0 Å². The lowest BCUT2D eigenvalue weighted by atomic mass is 9.95. The number of carbonyl (C=O) groups excluding carboxylic acids is 2. The fourth-order valence-corrected chi connectivity index (χ4v) is 5.09. The molecule has 1 fully saturated rings. The van der Waals surface area contributed by atoms with Crippen LogP contribution >= 0.6 is 0 Å². The summed E-state index contributed by atoms with van der Waals surface area (Å²) in [5.74, 6) is -0.686. The predicted molar refractivity (Wildman–Crippen MR) is 142 cm³/mol. The zero-order valence-electron chi connectivity index (χ0n) is 22.1. The monoisotopic (exact) mass is 531 g/mol. The van der Waals surface area contributed by atoms with Crippen molar-refractivity contribution in [3.05, 3.63) is 77.8 Å². The Hall–Kier alpha value is -4.80. The zero-order valence-corrected chi connectivity index (χ0v) is 22.1. The lowest BCUT2D eigenvalue weighted by Crippen LogP contribution is -2.31. The third kappa shape index (κ3) is 4.45. The van der Waals surface area contributed by atoms with Crippen molar-refractivity contribution in [2.24, 2.45) is 0 Å². The topological polar surface area (TPSA) is 120 Å². The second-order valence-electron chi connectivity index (χ2n) is 9.08. The van der Waals surface area contributed by atoms with Gasteiger partial charge in [0, 0.05) is 31.7 Å². The Labute approximate surface area is 224 Å². The van der Waals surface area contributed by atoms with Gasteiger partial charge in [0.2, 0.25) is 5.75 Å². The molecule has 4 heterocycles. The van der Waals surface area contributed by atoms with Crippen LogP contribution in [0.15, 0.2) is 60.8 Å². The van der Waals surface area contributed by atoms with Crippen molar-refractivity contribution in [1.82, 2.24) is 23.8 Å². The average Bonchev–Trinajstić information content (AvgIpc) is 3.64. The summed E-state index contributed by atoms with van der Waals surface area (Å²) >= 11 is 0. The SMILES string of the molecule is COc1cc(C2/C(=C(\O)c3c(C)nc4ccccn34)C(=O)C(=O)N2CCCn2ccnc2)cc(OC)c1OC. The minimum Gasteiger partial charge on any atom is -0.505 e. The maximum absolute atomic E-state index is 13.6. The van der Waals surface area contributed by atoms with E-state index in [1.807, 2.05) is 16.8 Å². The Bertz CT molecular complexity index is 1550. The minimum atomic E-state index is -0.907. The second kappa shape index (κ2) is 10.5. The maximum atomic E-state index is 13.6. The maximum Gasteiger partial charge on any atom is 0.295 e. The fraction of sp³-hybridized carbons (Fsp3) is 0.286. The van der Waals surface area contributed by atoms with Crippen molar-refractivity contribution in [3.8, 4) is 17.2 Å². The van der Waals surface area contributed by atoms with Crippen molar-refractivity contribution < 1.29 is 28.9 Å². The number of aliphatic hydroxyl groups excluding tert-OH is 1. The van der Waals surface area contributed by atoms with Gasteiger partial charge in [0.15, 0.2) is 17.3 Å². The lowest BCUT2D eigenvalue weighted by Gasteiger charge is -2.26.